The molecule has 2 heterocycles. The van der Waals surface area contributed by atoms with E-state index in [1.54, 1.807) is 46.7 Å². The van der Waals surface area contributed by atoms with E-state index in [1.807, 2.05) is 37.3 Å². The second-order valence-electron chi connectivity index (χ2n) is 8.66. The Labute approximate surface area is 203 Å². The van der Waals surface area contributed by atoms with E-state index in [9.17, 15) is 18.0 Å². The van der Waals surface area contributed by atoms with Crippen molar-refractivity contribution in [2.24, 2.45) is 0 Å². The Morgan fingerprint density at radius 2 is 1.66 bits per heavy atom. The predicted octanol–water partition coefficient (Wildman–Crippen LogP) is 3.02. The maximum atomic E-state index is 13.2. The Kier molecular flexibility index (Phi) is 5.90. The number of nitrogens with zero attached hydrogens (tertiary/aromatic N) is 4. The average molecular weight is 491 g/mol. The molecule has 1 saturated heterocycles. The summed E-state index contributed by atoms with van der Waals surface area (Å²) in [6.07, 6.45) is 0. The molecule has 3 aromatic carbocycles. The SMILES string of the molecule is CCn1c(=O)c(C)nc2cc(C(=O)N3CCN(S(=O)(=O)c4ccc5ccccc5c4)CC3)ccc21. The van der Waals surface area contributed by atoms with Gasteiger partial charge in [-0.3, -0.25) is 9.59 Å². The first kappa shape index (κ1) is 23.2. The highest BCUT2D eigenvalue weighted by atomic mass is 32.2. The highest BCUT2D eigenvalue weighted by Crippen LogP contribution is 2.23. The molecule has 1 aliphatic heterocycles. The quantitative estimate of drug-likeness (QED) is 0.439. The summed E-state index contributed by atoms with van der Waals surface area (Å²) < 4.78 is 29.5. The van der Waals surface area contributed by atoms with Gasteiger partial charge in [-0.1, -0.05) is 30.3 Å². The molecule has 0 aliphatic carbocycles. The number of carbonyl (C=O) groups excluding carboxylic acids is 1. The second-order valence-corrected chi connectivity index (χ2v) is 10.6. The van der Waals surface area contributed by atoms with Crippen molar-refractivity contribution in [1.82, 2.24) is 18.8 Å². The van der Waals surface area contributed by atoms with Gasteiger partial charge in [0.2, 0.25) is 10.0 Å². The van der Waals surface area contributed by atoms with Gasteiger partial charge in [0.25, 0.3) is 11.5 Å². The van der Waals surface area contributed by atoms with Crippen LogP contribution in [0.25, 0.3) is 21.8 Å². The molecule has 0 N–H and O–H groups in total. The fourth-order valence-electron chi connectivity index (χ4n) is 4.61. The molecule has 1 aromatic heterocycles. The van der Waals surface area contributed by atoms with Gasteiger partial charge < -0.3 is 9.47 Å². The van der Waals surface area contributed by atoms with Crippen LogP contribution in [0, 0.1) is 6.92 Å². The highest BCUT2D eigenvalue weighted by molar-refractivity contribution is 7.89. The summed E-state index contributed by atoms with van der Waals surface area (Å²) in [7, 11) is -3.66. The molecule has 1 fully saturated rings. The maximum Gasteiger partial charge on any atom is 0.272 e. The van der Waals surface area contributed by atoms with Gasteiger partial charge in [-0.05, 0) is 55.0 Å². The Bertz CT molecular complexity index is 1620. The predicted molar refractivity (Wildman–Crippen MR) is 135 cm³/mol. The lowest BCUT2D eigenvalue weighted by Crippen LogP contribution is -2.50. The number of aromatic nitrogens is 2. The molecule has 1 amide bonds. The van der Waals surface area contributed by atoms with Gasteiger partial charge in [-0.2, -0.15) is 4.31 Å². The molecule has 35 heavy (non-hydrogen) atoms. The first-order chi connectivity index (χ1) is 16.8. The van der Waals surface area contributed by atoms with E-state index in [0.29, 0.717) is 41.9 Å². The molecule has 0 unspecified atom stereocenters. The van der Waals surface area contributed by atoms with Crippen LogP contribution in [0.3, 0.4) is 0 Å². The van der Waals surface area contributed by atoms with Gasteiger partial charge in [-0.15, -0.1) is 0 Å². The number of piperazine rings is 1. The van der Waals surface area contributed by atoms with E-state index >= 15 is 0 Å². The Hall–Kier alpha value is -3.56. The highest BCUT2D eigenvalue weighted by Gasteiger charge is 2.30. The summed E-state index contributed by atoms with van der Waals surface area (Å²) in [6.45, 7) is 5.11. The van der Waals surface area contributed by atoms with Crippen LogP contribution < -0.4 is 5.56 Å². The number of fused-ring (bicyclic) bond motifs is 2. The largest absolute Gasteiger partial charge is 0.336 e. The number of hydrogen-bond donors (Lipinski definition) is 0. The number of aryl methyl sites for hydroxylation is 2. The molecule has 4 aromatic rings. The zero-order valence-electron chi connectivity index (χ0n) is 19.6. The van der Waals surface area contributed by atoms with Crippen LogP contribution in [0.1, 0.15) is 23.0 Å². The molecule has 180 valence electrons. The lowest BCUT2D eigenvalue weighted by atomic mass is 10.1. The van der Waals surface area contributed by atoms with Crippen LogP contribution in [0.5, 0.6) is 0 Å². The second kappa shape index (κ2) is 8.90. The van der Waals surface area contributed by atoms with Gasteiger partial charge in [0.1, 0.15) is 5.69 Å². The minimum atomic E-state index is -3.66. The summed E-state index contributed by atoms with van der Waals surface area (Å²) in [5.41, 5.74) is 1.99. The number of rotatable bonds is 4. The van der Waals surface area contributed by atoms with E-state index in [1.165, 1.54) is 4.31 Å². The van der Waals surface area contributed by atoms with E-state index in [0.717, 1.165) is 10.8 Å². The van der Waals surface area contributed by atoms with E-state index in [2.05, 4.69) is 4.98 Å². The van der Waals surface area contributed by atoms with Gasteiger partial charge in [0.15, 0.2) is 0 Å². The first-order valence-corrected chi connectivity index (χ1v) is 13.0. The number of benzene rings is 3. The van der Waals surface area contributed by atoms with Crippen LogP contribution in [0.2, 0.25) is 0 Å². The third-order valence-corrected chi connectivity index (χ3v) is 8.45. The summed E-state index contributed by atoms with van der Waals surface area (Å²) in [5, 5.41) is 1.86. The topological polar surface area (TPSA) is 92.6 Å². The zero-order valence-corrected chi connectivity index (χ0v) is 20.5. The number of amides is 1. The average Bonchev–Trinajstić information content (AvgIpc) is 2.88. The fourth-order valence-corrected chi connectivity index (χ4v) is 6.07. The van der Waals surface area contributed by atoms with Gasteiger partial charge in [0, 0.05) is 38.3 Å². The van der Waals surface area contributed by atoms with Crippen molar-refractivity contribution in [1.29, 1.82) is 0 Å². The zero-order chi connectivity index (χ0) is 24.7. The molecule has 0 radical (unpaired) electrons. The first-order valence-electron chi connectivity index (χ1n) is 11.6. The van der Waals surface area contributed by atoms with Crippen molar-refractivity contribution >= 4 is 37.7 Å². The summed E-state index contributed by atoms with van der Waals surface area (Å²) in [5.74, 6) is -0.177. The van der Waals surface area contributed by atoms with Gasteiger partial charge >= 0.3 is 0 Å². The summed E-state index contributed by atoms with van der Waals surface area (Å²) in [4.78, 5) is 31.8. The third kappa shape index (κ3) is 4.11. The van der Waals surface area contributed by atoms with E-state index < -0.39 is 10.0 Å². The van der Waals surface area contributed by atoms with E-state index in [4.69, 9.17) is 0 Å². The number of hydrogen-bond acceptors (Lipinski definition) is 5. The summed E-state index contributed by atoms with van der Waals surface area (Å²) in [6, 6.07) is 17.9. The molecule has 0 spiro atoms. The van der Waals surface area contributed by atoms with Crippen molar-refractivity contribution in [3.05, 3.63) is 82.3 Å². The lowest BCUT2D eigenvalue weighted by molar-refractivity contribution is 0.0698. The molecule has 0 atom stereocenters. The molecule has 5 rings (SSSR count). The third-order valence-electron chi connectivity index (χ3n) is 6.56. The van der Waals surface area contributed by atoms with Crippen molar-refractivity contribution in [3.8, 4) is 0 Å². The minimum absolute atomic E-state index is 0.136. The molecule has 9 heteroatoms. The van der Waals surface area contributed by atoms with Crippen molar-refractivity contribution in [3.63, 3.8) is 0 Å². The molecular weight excluding hydrogens is 464 g/mol. The molecule has 0 bridgehead atoms. The smallest absolute Gasteiger partial charge is 0.272 e. The lowest BCUT2D eigenvalue weighted by Gasteiger charge is -2.34. The normalized spacial score (nSPS) is 15.1. The Balaban J connectivity index is 1.34. The minimum Gasteiger partial charge on any atom is -0.336 e. The fraction of sp³-hybridized carbons (Fsp3) is 0.269. The van der Waals surface area contributed by atoms with Crippen LogP contribution in [-0.2, 0) is 16.6 Å². The maximum absolute atomic E-state index is 13.2. The molecule has 8 nitrogen and oxygen atoms in total. The van der Waals surface area contributed by atoms with Crippen LogP contribution >= 0.6 is 0 Å². The van der Waals surface area contributed by atoms with Crippen LogP contribution in [0.15, 0.2) is 70.4 Å². The van der Waals surface area contributed by atoms with Gasteiger partial charge in [-0.25, -0.2) is 13.4 Å². The number of sulfonamides is 1. The molecule has 1 aliphatic rings. The summed E-state index contributed by atoms with van der Waals surface area (Å²) >= 11 is 0. The number of carbonyl (C=O) groups is 1. The Morgan fingerprint density at radius 3 is 2.37 bits per heavy atom. The molecule has 0 saturated carbocycles. The van der Waals surface area contributed by atoms with Crippen molar-refractivity contribution < 1.29 is 13.2 Å². The van der Waals surface area contributed by atoms with Crippen LogP contribution in [-0.4, -0.2) is 59.3 Å². The van der Waals surface area contributed by atoms with E-state index in [-0.39, 0.29) is 29.5 Å². The Morgan fingerprint density at radius 1 is 0.943 bits per heavy atom. The standard InChI is InChI=1S/C26H26N4O4S/c1-3-30-24-11-9-21(17-23(24)27-18(2)25(30)31)26(32)28-12-14-29(15-13-28)35(33,34)22-10-8-19-6-4-5-7-20(19)16-22/h4-11,16-17H,3,12-15H2,1-2H3. The van der Waals surface area contributed by atoms with Gasteiger partial charge in [0.05, 0.1) is 15.9 Å². The monoisotopic (exact) mass is 490 g/mol. The van der Waals surface area contributed by atoms with Crippen molar-refractivity contribution in [2.45, 2.75) is 25.3 Å². The molecular formula is C26H26N4O4S. The van der Waals surface area contributed by atoms with Crippen molar-refractivity contribution in [2.75, 3.05) is 26.2 Å². The van der Waals surface area contributed by atoms with Crippen LogP contribution in [0.4, 0.5) is 0 Å².